The maximum atomic E-state index is 12.5. The van der Waals surface area contributed by atoms with Crippen molar-refractivity contribution in [1.82, 2.24) is 14.1 Å². The molecule has 14 nitrogen and oxygen atoms in total. The molecule has 4 N–H and O–H groups in total. The third-order valence-corrected chi connectivity index (χ3v) is 7.28. The van der Waals surface area contributed by atoms with Crippen LogP contribution in [-0.4, -0.2) is 125 Å². The Morgan fingerprint density at radius 3 is 1.45 bits per heavy atom. The molecule has 0 amide bonds. The highest BCUT2D eigenvalue weighted by atomic mass is 32.2. The Kier molecular flexibility index (Phi) is 16.6. The molecule has 2 rings (SSSR count). The first-order valence-electron chi connectivity index (χ1n) is 12.0. The molecule has 1 heterocycles. The third kappa shape index (κ3) is 14.9. The summed E-state index contributed by atoms with van der Waals surface area (Å²) in [7, 11) is -1.39. The molecule has 1 fully saturated rings. The minimum atomic E-state index is -3.47. The van der Waals surface area contributed by atoms with E-state index in [1.165, 1.54) is 16.4 Å². The monoisotopic (exact) mass is 585 g/mol. The van der Waals surface area contributed by atoms with Crippen molar-refractivity contribution in [1.29, 1.82) is 0 Å². The average molecular weight is 586 g/mol. The lowest BCUT2D eigenvalue weighted by Gasteiger charge is -2.31. The molecule has 0 aromatic heterocycles. The van der Waals surface area contributed by atoms with Gasteiger partial charge in [0.1, 0.15) is 0 Å². The second-order valence-corrected chi connectivity index (χ2v) is 10.1. The van der Waals surface area contributed by atoms with Crippen LogP contribution in [-0.2, 0) is 29.2 Å². The number of hydrogen-bond acceptors (Lipinski definition) is 9. The standard InChI is InChI=1S/C17H27N3O3S.2C4H4O4/c1-4-20(5-2)24(22,23)16-8-6-15(7-9-16)17(21)14-19-12-10-18(3)11-13-19;2*5-3(6)1-2-4(7)8/h6-9H,4-5,10-14H2,1-3H3;2*1-2H,(H,5,6)(H,7,8)/b;2*2-1+. The number of carbonyl (C=O) groups is 5. The van der Waals surface area contributed by atoms with E-state index in [4.69, 9.17) is 20.4 Å². The largest absolute Gasteiger partial charge is 0.478 e. The van der Waals surface area contributed by atoms with Gasteiger partial charge in [0.2, 0.25) is 10.0 Å². The van der Waals surface area contributed by atoms with Crippen molar-refractivity contribution < 1.29 is 52.8 Å². The van der Waals surface area contributed by atoms with Gasteiger partial charge in [-0.1, -0.05) is 26.0 Å². The smallest absolute Gasteiger partial charge is 0.328 e. The molecule has 1 aromatic rings. The number of ketones is 1. The number of hydrogen-bond donors (Lipinski definition) is 4. The van der Waals surface area contributed by atoms with Crippen LogP contribution in [0.4, 0.5) is 0 Å². The van der Waals surface area contributed by atoms with Crippen molar-refractivity contribution in [3.05, 3.63) is 54.1 Å². The van der Waals surface area contributed by atoms with E-state index in [9.17, 15) is 32.4 Å². The number of aliphatic carboxylic acids is 4. The summed E-state index contributed by atoms with van der Waals surface area (Å²) in [5.41, 5.74) is 0.562. The van der Waals surface area contributed by atoms with Crippen LogP contribution in [0.25, 0.3) is 0 Å². The fraction of sp³-hybridized carbons (Fsp3) is 0.400. The molecular weight excluding hydrogens is 550 g/mol. The highest BCUT2D eigenvalue weighted by Crippen LogP contribution is 2.16. The number of likely N-dealkylation sites (N-methyl/N-ethyl adjacent to an activating group) is 1. The van der Waals surface area contributed by atoms with Gasteiger partial charge in [-0.2, -0.15) is 4.31 Å². The summed E-state index contributed by atoms with van der Waals surface area (Å²) in [6, 6.07) is 6.30. The zero-order valence-electron chi connectivity index (χ0n) is 22.5. The van der Waals surface area contributed by atoms with E-state index in [1.807, 2.05) is 13.8 Å². The summed E-state index contributed by atoms with van der Waals surface area (Å²) in [5.74, 6) is -4.99. The van der Waals surface area contributed by atoms with Crippen LogP contribution >= 0.6 is 0 Å². The van der Waals surface area contributed by atoms with Crippen LogP contribution in [0.2, 0.25) is 0 Å². The molecule has 15 heteroatoms. The molecular formula is C25H35N3O11S. The van der Waals surface area contributed by atoms with Crippen molar-refractivity contribution in [2.24, 2.45) is 0 Å². The highest BCUT2D eigenvalue weighted by molar-refractivity contribution is 7.89. The average Bonchev–Trinajstić information content (AvgIpc) is 2.89. The molecule has 0 bridgehead atoms. The number of nitrogens with zero attached hydrogens (tertiary/aromatic N) is 3. The lowest BCUT2D eigenvalue weighted by molar-refractivity contribution is -0.134. The van der Waals surface area contributed by atoms with E-state index in [0.29, 0.717) is 49.5 Å². The van der Waals surface area contributed by atoms with Crippen LogP contribution < -0.4 is 0 Å². The Labute approximate surface area is 232 Å². The van der Waals surface area contributed by atoms with E-state index in [0.717, 1.165) is 26.2 Å². The molecule has 0 aliphatic carbocycles. The number of Topliss-reactive ketones (excluding diaryl/α,β-unsaturated/α-hetero) is 1. The lowest BCUT2D eigenvalue weighted by Crippen LogP contribution is -2.46. The highest BCUT2D eigenvalue weighted by Gasteiger charge is 2.22. The number of piperazine rings is 1. The quantitative estimate of drug-likeness (QED) is 0.207. The van der Waals surface area contributed by atoms with E-state index >= 15 is 0 Å². The first-order valence-corrected chi connectivity index (χ1v) is 13.4. The molecule has 0 radical (unpaired) electrons. The fourth-order valence-corrected chi connectivity index (χ4v) is 4.57. The van der Waals surface area contributed by atoms with Crippen LogP contribution in [0.1, 0.15) is 24.2 Å². The summed E-state index contributed by atoms with van der Waals surface area (Å²) in [6.45, 7) is 8.59. The number of benzene rings is 1. The van der Waals surface area contributed by atoms with Crippen molar-refractivity contribution in [2.75, 3.05) is 52.9 Å². The number of sulfonamides is 1. The van der Waals surface area contributed by atoms with Gasteiger partial charge in [0.05, 0.1) is 11.4 Å². The Morgan fingerprint density at radius 2 is 1.12 bits per heavy atom. The lowest BCUT2D eigenvalue weighted by atomic mass is 10.1. The Hall–Kier alpha value is -3.92. The van der Waals surface area contributed by atoms with Gasteiger partial charge < -0.3 is 25.3 Å². The summed E-state index contributed by atoms with van der Waals surface area (Å²) in [6.07, 6.45) is 2.23. The summed E-state index contributed by atoms with van der Waals surface area (Å²) < 4.78 is 26.3. The SMILES string of the molecule is CCN(CC)S(=O)(=O)c1ccc(C(=O)CN2CCN(C)CC2)cc1.O=C(O)/C=C/C(=O)O.O=C(O)/C=C/C(=O)O. The normalized spacial score (nSPS) is 14.2. The van der Waals surface area contributed by atoms with E-state index < -0.39 is 33.9 Å². The fourth-order valence-electron chi connectivity index (χ4n) is 3.11. The van der Waals surface area contributed by atoms with Gasteiger partial charge in [0, 0.05) is 69.1 Å². The molecule has 1 aliphatic heterocycles. The first-order chi connectivity index (χ1) is 18.6. The van der Waals surface area contributed by atoms with Gasteiger partial charge >= 0.3 is 23.9 Å². The number of carboxylic acids is 4. The van der Waals surface area contributed by atoms with E-state index in [1.54, 1.807) is 12.1 Å². The zero-order valence-corrected chi connectivity index (χ0v) is 23.3. The topological polar surface area (TPSA) is 210 Å². The molecule has 0 atom stereocenters. The Morgan fingerprint density at radius 1 is 0.750 bits per heavy atom. The molecule has 0 unspecified atom stereocenters. The maximum Gasteiger partial charge on any atom is 0.328 e. The van der Waals surface area contributed by atoms with Crippen LogP contribution in [0.15, 0.2) is 53.5 Å². The molecule has 1 aliphatic rings. The number of carboxylic acid groups (broad SMARTS) is 4. The van der Waals surface area contributed by atoms with Crippen molar-refractivity contribution in [3.63, 3.8) is 0 Å². The van der Waals surface area contributed by atoms with Crippen molar-refractivity contribution in [2.45, 2.75) is 18.7 Å². The Balaban J connectivity index is 0.000000780. The van der Waals surface area contributed by atoms with Crippen molar-refractivity contribution in [3.8, 4) is 0 Å². The zero-order chi connectivity index (χ0) is 30.9. The van der Waals surface area contributed by atoms with Gasteiger partial charge in [0.25, 0.3) is 0 Å². The van der Waals surface area contributed by atoms with Gasteiger partial charge in [-0.3, -0.25) is 9.69 Å². The molecule has 0 saturated carbocycles. The first kappa shape index (κ1) is 36.1. The van der Waals surface area contributed by atoms with Crippen molar-refractivity contribution >= 4 is 39.7 Å². The molecule has 222 valence electrons. The molecule has 1 saturated heterocycles. The predicted octanol–water partition coefficient (Wildman–Crippen LogP) is 0.571. The summed E-state index contributed by atoms with van der Waals surface area (Å²) >= 11 is 0. The molecule has 0 spiro atoms. The van der Waals surface area contributed by atoms with Crippen LogP contribution in [0.5, 0.6) is 0 Å². The van der Waals surface area contributed by atoms with E-state index in [2.05, 4.69) is 16.8 Å². The number of rotatable bonds is 11. The summed E-state index contributed by atoms with van der Waals surface area (Å²) in [5, 5.41) is 31.2. The van der Waals surface area contributed by atoms with Gasteiger partial charge in [-0.25, -0.2) is 27.6 Å². The maximum absolute atomic E-state index is 12.5. The predicted molar refractivity (Wildman–Crippen MR) is 144 cm³/mol. The van der Waals surface area contributed by atoms with Gasteiger partial charge in [-0.05, 0) is 19.2 Å². The minimum absolute atomic E-state index is 0.0336. The molecule has 1 aromatic carbocycles. The molecule has 40 heavy (non-hydrogen) atoms. The minimum Gasteiger partial charge on any atom is -0.478 e. The van der Waals surface area contributed by atoms with Crippen LogP contribution in [0, 0.1) is 0 Å². The summed E-state index contributed by atoms with van der Waals surface area (Å²) in [4.78, 5) is 55.2. The second kappa shape index (κ2) is 18.4. The van der Waals surface area contributed by atoms with Crippen LogP contribution in [0.3, 0.4) is 0 Å². The second-order valence-electron chi connectivity index (χ2n) is 8.14. The number of carbonyl (C=O) groups excluding carboxylic acids is 1. The third-order valence-electron chi connectivity index (χ3n) is 5.22. The Bertz CT molecular complexity index is 1100. The van der Waals surface area contributed by atoms with Gasteiger partial charge in [0.15, 0.2) is 5.78 Å². The van der Waals surface area contributed by atoms with Gasteiger partial charge in [-0.15, -0.1) is 0 Å². The van der Waals surface area contributed by atoms with E-state index in [-0.39, 0.29) is 10.7 Å².